The molecule has 0 bridgehead atoms. The molecule has 1 aromatic rings. The van der Waals surface area contributed by atoms with Crippen LogP contribution in [0.5, 0.6) is 0 Å². The lowest BCUT2D eigenvalue weighted by Crippen LogP contribution is -2.48. The van der Waals surface area contributed by atoms with Crippen LogP contribution in [-0.2, 0) is 10.2 Å². The van der Waals surface area contributed by atoms with Gasteiger partial charge >= 0.3 is 12.1 Å². The van der Waals surface area contributed by atoms with Crippen molar-refractivity contribution in [3.8, 4) is 11.8 Å². The summed E-state index contributed by atoms with van der Waals surface area (Å²) in [5.41, 5.74) is 1.59. The Morgan fingerprint density at radius 2 is 2.00 bits per heavy atom. The van der Waals surface area contributed by atoms with Crippen LogP contribution in [0.3, 0.4) is 0 Å². The summed E-state index contributed by atoms with van der Waals surface area (Å²) >= 11 is 0. The number of hydrogen-bond donors (Lipinski definition) is 0. The lowest BCUT2D eigenvalue weighted by Gasteiger charge is -2.40. The number of ether oxygens (including phenoxy) is 1. The molecule has 1 aromatic carbocycles. The number of benzene rings is 1. The van der Waals surface area contributed by atoms with Crippen molar-refractivity contribution in [3.05, 3.63) is 29.6 Å². The first-order chi connectivity index (χ1) is 15.8. The highest BCUT2D eigenvalue weighted by Gasteiger charge is 2.47. The molecule has 3 amide bonds. The van der Waals surface area contributed by atoms with Gasteiger partial charge in [0.1, 0.15) is 5.82 Å². The topological polar surface area (TPSA) is 56.3 Å². The average Bonchev–Trinajstić information content (AvgIpc) is 3.38. The van der Waals surface area contributed by atoms with Gasteiger partial charge in [-0.1, -0.05) is 5.92 Å². The number of hydrogen-bond acceptors (Lipinski definition) is 4. The van der Waals surface area contributed by atoms with E-state index in [9.17, 15) is 14.0 Å². The Hall–Kier alpha value is -2.79. The third kappa shape index (κ3) is 4.79. The summed E-state index contributed by atoms with van der Waals surface area (Å²) in [5.74, 6) is 5.64. The number of fused-ring (bicyclic) bond motifs is 2. The highest BCUT2D eigenvalue weighted by atomic mass is 19.1. The van der Waals surface area contributed by atoms with Crippen LogP contribution < -0.4 is 4.90 Å². The molecule has 1 atom stereocenters. The van der Waals surface area contributed by atoms with E-state index < -0.39 is 0 Å². The molecular formula is C25H33FN4O3. The molecule has 4 rings (SSSR count). The van der Waals surface area contributed by atoms with Crippen LogP contribution in [0.4, 0.5) is 19.7 Å². The molecule has 3 aliphatic heterocycles. The standard InChI is InChI=1S/C25H33FN4O3/c1-4-5-14-33-24(32)29-11-8-19(17-29)16-28-12-9-25(10-13-28)18-30(23(31)27(2)3)22-7-6-20(26)15-21(22)25/h6-7,15,19H,8-14,16-18H2,1-3H3/t19-/m0/s1. The number of nitrogens with zero attached hydrogens (tertiary/aromatic N) is 4. The number of carbonyl (C=O) groups is 2. The summed E-state index contributed by atoms with van der Waals surface area (Å²) in [7, 11) is 3.49. The van der Waals surface area contributed by atoms with Crippen LogP contribution in [0.1, 0.15) is 31.7 Å². The number of piperidine rings is 1. The fourth-order valence-electron chi connectivity index (χ4n) is 5.42. The molecule has 2 saturated heterocycles. The van der Waals surface area contributed by atoms with Gasteiger partial charge in [-0.3, -0.25) is 4.90 Å². The molecule has 178 valence electrons. The molecule has 8 heteroatoms. The first kappa shape index (κ1) is 23.4. The van der Waals surface area contributed by atoms with Crippen LogP contribution in [0.15, 0.2) is 18.2 Å². The van der Waals surface area contributed by atoms with E-state index in [1.54, 1.807) is 47.9 Å². The smallest absolute Gasteiger partial charge is 0.410 e. The molecule has 0 N–H and O–H groups in total. The van der Waals surface area contributed by atoms with Crippen LogP contribution in [0.25, 0.3) is 0 Å². The SMILES string of the molecule is CC#CCOC(=O)N1CC[C@@H](CN2CCC3(CC2)CN(C(=O)N(C)C)c2ccc(F)cc23)C1. The second-order valence-electron chi connectivity index (χ2n) is 9.59. The van der Waals surface area contributed by atoms with Gasteiger partial charge in [0.25, 0.3) is 0 Å². The molecule has 0 saturated carbocycles. The number of likely N-dealkylation sites (tertiary alicyclic amines) is 2. The zero-order valence-electron chi connectivity index (χ0n) is 19.8. The maximum Gasteiger partial charge on any atom is 0.410 e. The normalized spacial score (nSPS) is 21.5. The van der Waals surface area contributed by atoms with Crippen LogP contribution in [0, 0.1) is 23.6 Å². The van der Waals surface area contributed by atoms with E-state index in [1.807, 2.05) is 0 Å². The second kappa shape index (κ2) is 9.60. The number of halogens is 1. The van der Waals surface area contributed by atoms with Crippen molar-refractivity contribution in [1.82, 2.24) is 14.7 Å². The number of urea groups is 1. The Balaban J connectivity index is 1.36. The minimum Gasteiger partial charge on any atom is -0.436 e. The van der Waals surface area contributed by atoms with E-state index in [4.69, 9.17) is 4.74 Å². The summed E-state index contributed by atoms with van der Waals surface area (Å²) in [4.78, 5) is 32.5. The highest BCUT2D eigenvalue weighted by Crippen LogP contribution is 2.47. The molecule has 0 unspecified atom stereocenters. The van der Waals surface area contributed by atoms with E-state index in [1.165, 1.54) is 6.07 Å². The third-order valence-electron chi connectivity index (χ3n) is 7.21. The Kier molecular flexibility index (Phi) is 6.80. The lowest BCUT2D eigenvalue weighted by atomic mass is 9.74. The van der Waals surface area contributed by atoms with Gasteiger partial charge in [-0.2, -0.15) is 0 Å². The molecule has 0 radical (unpaired) electrons. The maximum atomic E-state index is 14.2. The van der Waals surface area contributed by atoms with Crippen LogP contribution >= 0.6 is 0 Å². The molecule has 0 aromatic heterocycles. The minimum atomic E-state index is -0.284. The summed E-state index contributed by atoms with van der Waals surface area (Å²) in [6.45, 7) is 6.61. The van der Waals surface area contributed by atoms with Crippen molar-refractivity contribution in [2.75, 3.05) is 64.9 Å². The van der Waals surface area contributed by atoms with Crippen molar-refractivity contribution < 1.29 is 18.7 Å². The molecule has 7 nitrogen and oxygen atoms in total. The zero-order valence-corrected chi connectivity index (χ0v) is 19.8. The van der Waals surface area contributed by atoms with Crippen molar-refractivity contribution in [3.63, 3.8) is 0 Å². The van der Waals surface area contributed by atoms with Crippen molar-refractivity contribution in [1.29, 1.82) is 0 Å². The maximum absolute atomic E-state index is 14.2. The average molecular weight is 457 g/mol. The Labute approximate surface area is 195 Å². The molecule has 33 heavy (non-hydrogen) atoms. The minimum absolute atomic E-state index is 0.0648. The van der Waals surface area contributed by atoms with Crippen molar-refractivity contribution in [2.24, 2.45) is 5.92 Å². The van der Waals surface area contributed by atoms with Crippen LogP contribution in [-0.4, -0.2) is 86.8 Å². The van der Waals surface area contributed by atoms with Gasteiger partial charge in [-0.15, -0.1) is 5.92 Å². The van der Waals surface area contributed by atoms with E-state index in [-0.39, 0.29) is 30.0 Å². The Bertz CT molecular complexity index is 962. The highest BCUT2D eigenvalue weighted by molar-refractivity contribution is 5.95. The van der Waals surface area contributed by atoms with E-state index in [0.717, 1.165) is 56.7 Å². The largest absolute Gasteiger partial charge is 0.436 e. The van der Waals surface area contributed by atoms with Gasteiger partial charge in [-0.25, -0.2) is 14.0 Å². The van der Waals surface area contributed by atoms with E-state index in [2.05, 4.69) is 16.7 Å². The molecule has 3 heterocycles. The lowest BCUT2D eigenvalue weighted by molar-refractivity contribution is 0.117. The molecule has 3 aliphatic rings. The molecule has 1 spiro atoms. The number of anilines is 1. The fourth-order valence-corrected chi connectivity index (χ4v) is 5.42. The zero-order chi connectivity index (χ0) is 23.6. The van der Waals surface area contributed by atoms with Gasteiger partial charge in [-0.05, 0) is 69.0 Å². The van der Waals surface area contributed by atoms with Gasteiger partial charge in [0.05, 0.1) is 0 Å². The summed E-state index contributed by atoms with van der Waals surface area (Å²) in [6, 6.07) is 4.74. The Morgan fingerprint density at radius 3 is 2.70 bits per heavy atom. The van der Waals surface area contributed by atoms with E-state index >= 15 is 0 Å². The fraction of sp³-hybridized carbons (Fsp3) is 0.600. The van der Waals surface area contributed by atoms with Crippen molar-refractivity contribution in [2.45, 2.75) is 31.6 Å². The quantitative estimate of drug-likeness (QED) is 0.656. The predicted octanol–water partition coefficient (Wildman–Crippen LogP) is 3.14. The monoisotopic (exact) mass is 456 g/mol. The Morgan fingerprint density at radius 1 is 1.24 bits per heavy atom. The summed E-state index contributed by atoms with van der Waals surface area (Å²) in [6.07, 6.45) is 2.45. The van der Waals surface area contributed by atoms with Gasteiger partial charge in [0.2, 0.25) is 0 Å². The first-order valence-corrected chi connectivity index (χ1v) is 11.7. The van der Waals surface area contributed by atoms with Crippen LogP contribution in [0.2, 0.25) is 0 Å². The number of carbonyl (C=O) groups excluding carboxylic acids is 2. The summed E-state index contributed by atoms with van der Waals surface area (Å²) < 4.78 is 19.4. The third-order valence-corrected chi connectivity index (χ3v) is 7.21. The number of rotatable bonds is 3. The number of amides is 3. The molecular weight excluding hydrogens is 423 g/mol. The van der Waals surface area contributed by atoms with Gasteiger partial charge in [0, 0.05) is 51.4 Å². The first-order valence-electron chi connectivity index (χ1n) is 11.7. The second-order valence-corrected chi connectivity index (χ2v) is 9.59. The van der Waals surface area contributed by atoms with Gasteiger partial charge in [0.15, 0.2) is 6.61 Å². The molecule has 2 fully saturated rings. The van der Waals surface area contributed by atoms with Gasteiger partial charge < -0.3 is 19.4 Å². The predicted molar refractivity (Wildman–Crippen MR) is 125 cm³/mol. The van der Waals surface area contributed by atoms with E-state index in [0.29, 0.717) is 19.0 Å². The van der Waals surface area contributed by atoms with Crippen molar-refractivity contribution >= 4 is 17.8 Å². The summed E-state index contributed by atoms with van der Waals surface area (Å²) in [5, 5.41) is 0. The molecule has 0 aliphatic carbocycles.